The molecule has 0 amide bonds. The number of allylic oxidation sites excluding steroid dienone is 13. The Bertz CT molecular complexity index is 1160. The first-order chi connectivity index (χ1) is 16.4. The lowest BCUT2D eigenvalue weighted by Crippen LogP contribution is -2.23. The molecule has 0 aliphatic carbocycles. The predicted molar refractivity (Wildman–Crippen MR) is 127 cm³/mol. The second-order valence-corrected chi connectivity index (χ2v) is 7.04. The molecule has 0 radical (unpaired) electrons. The molecule has 194 valence electrons. The monoisotopic (exact) mass is 516 g/mol. The van der Waals surface area contributed by atoms with Crippen LogP contribution in [0.1, 0.15) is 13.3 Å². The summed E-state index contributed by atoms with van der Waals surface area (Å²) in [4.78, 5) is 0. The van der Waals surface area contributed by atoms with Gasteiger partial charge in [-0.3, -0.25) is 0 Å². The van der Waals surface area contributed by atoms with Gasteiger partial charge in [0.1, 0.15) is 17.4 Å². The Labute approximate surface area is 204 Å². The first-order valence-corrected chi connectivity index (χ1v) is 9.79. The van der Waals surface area contributed by atoms with Crippen molar-refractivity contribution in [3.05, 3.63) is 145 Å². The number of alkyl halides is 2. The average molecular weight is 516 g/mol. The Morgan fingerprint density at radius 2 is 1.08 bits per heavy atom. The highest BCUT2D eigenvalue weighted by atomic mass is 19.3. The zero-order chi connectivity index (χ0) is 28.5. The Morgan fingerprint density at radius 3 is 1.50 bits per heavy atom. The SMILES string of the molecule is C=C(/C=C(/F)C(=C)C(=C)/C=C(/F)C(=C)C(=C)/C=C(/F)C(=C)F)OC(F)(F)C(=C)/C(F)=C(/F)C(=C)CC. The van der Waals surface area contributed by atoms with Crippen molar-refractivity contribution in [3.63, 3.8) is 0 Å². The van der Waals surface area contributed by atoms with Crippen LogP contribution in [0.2, 0.25) is 0 Å². The molecule has 0 N–H and O–H groups in total. The van der Waals surface area contributed by atoms with Crippen molar-refractivity contribution in [2.75, 3.05) is 0 Å². The van der Waals surface area contributed by atoms with Gasteiger partial charge in [-0.25, -0.2) is 26.3 Å². The summed E-state index contributed by atoms with van der Waals surface area (Å²) < 4.78 is 115. The highest BCUT2D eigenvalue weighted by Gasteiger charge is 2.40. The molecule has 0 saturated heterocycles. The fourth-order valence-electron chi connectivity index (χ4n) is 2.01. The zero-order valence-electron chi connectivity index (χ0n) is 19.5. The summed E-state index contributed by atoms with van der Waals surface area (Å²) in [6.07, 6.45) is -3.15. The Hall–Kier alpha value is -3.88. The molecule has 0 aromatic heterocycles. The van der Waals surface area contributed by atoms with Gasteiger partial charge < -0.3 is 4.74 Å². The van der Waals surface area contributed by atoms with Crippen LogP contribution in [0.15, 0.2) is 145 Å². The lowest BCUT2D eigenvalue weighted by atomic mass is 10.0. The highest BCUT2D eigenvalue weighted by molar-refractivity contribution is 5.54. The molecule has 0 spiro atoms. The molecule has 1 nitrogen and oxygen atoms in total. The summed E-state index contributed by atoms with van der Waals surface area (Å²) in [7, 11) is 0. The summed E-state index contributed by atoms with van der Waals surface area (Å²) in [5, 5.41) is 0. The summed E-state index contributed by atoms with van der Waals surface area (Å²) in [6.45, 7) is 26.3. The topological polar surface area (TPSA) is 9.23 Å². The van der Waals surface area contributed by atoms with Crippen molar-refractivity contribution in [1.29, 1.82) is 0 Å². The van der Waals surface area contributed by atoms with Crippen molar-refractivity contribution in [3.8, 4) is 0 Å². The van der Waals surface area contributed by atoms with E-state index in [0.29, 0.717) is 18.2 Å². The van der Waals surface area contributed by atoms with Crippen molar-refractivity contribution in [2.24, 2.45) is 0 Å². The van der Waals surface area contributed by atoms with E-state index in [9.17, 15) is 35.1 Å². The Balaban J connectivity index is 5.59. The zero-order valence-corrected chi connectivity index (χ0v) is 19.5. The molecule has 0 atom stereocenters. The van der Waals surface area contributed by atoms with E-state index in [4.69, 9.17) is 0 Å². The van der Waals surface area contributed by atoms with Crippen LogP contribution in [0.3, 0.4) is 0 Å². The standard InChI is InChI=1S/C27H24F8O/c1-10-14(2)25(32)26(33)20(8)27(34,35)36-17(5)13-23(30)19(7)15(3)11-22(29)18(6)16(4)12-24(31)21(9)28/h11-13H,2-10H2,1H3/b22-11+,23-13+,24-12+,26-25-. The van der Waals surface area contributed by atoms with Gasteiger partial charge in [-0.05, 0) is 35.3 Å². The quantitative estimate of drug-likeness (QED) is 0.127. The van der Waals surface area contributed by atoms with Crippen molar-refractivity contribution in [2.45, 2.75) is 19.5 Å². The third kappa shape index (κ3) is 9.05. The van der Waals surface area contributed by atoms with E-state index in [-0.39, 0.29) is 12.0 Å². The predicted octanol–water partition coefficient (Wildman–Crippen LogP) is 10.1. The van der Waals surface area contributed by atoms with E-state index >= 15 is 0 Å². The van der Waals surface area contributed by atoms with E-state index in [1.54, 1.807) is 0 Å². The van der Waals surface area contributed by atoms with Gasteiger partial charge in [0.2, 0.25) is 0 Å². The molecule has 0 aromatic rings. The number of halogens is 8. The molecule has 0 aliphatic rings. The molecule has 0 heterocycles. The van der Waals surface area contributed by atoms with Crippen LogP contribution >= 0.6 is 0 Å². The molecular weight excluding hydrogens is 492 g/mol. The van der Waals surface area contributed by atoms with Crippen LogP contribution in [-0.2, 0) is 4.74 Å². The van der Waals surface area contributed by atoms with Crippen LogP contribution in [0.4, 0.5) is 35.1 Å². The summed E-state index contributed by atoms with van der Waals surface area (Å²) >= 11 is 0. The molecule has 0 unspecified atom stereocenters. The third-order valence-electron chi connectivity index (χ3n) is 4.31. The van der Waals surface area contributed by atoms with Crippen LogP contribution in [-0.4, -0.2) is 6.11 Å². The second-order valence-electron chi connectivity index (χ2n) is 7.04. The number of hydrogen-bond acceptors (Lipinski definition) is 1. The van der Waals surface area contributed by atoms with E-state index in [1.165, 1.54) is 6.92 Å². The summed E-state index contributed by atoms with van der Waals surface area (Å²) in [5.74, 6) is -10.1. The molecular formula is C27H24F8O. The molecule has 0 aliphatic heterocycles. The van der Waals surface area contributed by atoms with Crippen molar-refractivity contribution in [1.82, 2.24) is 0 Å². The van der Waals surface area contributed by atoms with Gasteiger partial charge in [0.15, 0.2) is 23.3 Å². The maximum Gasteiger partial charge on any atom is 0.429 e. The van der Waals surface area contributed by atoms with Gasteiger partial charge in [-0.15, -0.1) is 0 Å². The second kappa shape index (κ2) is 13.3. The largest absolute Gasteiger partial charge is 0.429 e. The van der Waals surface area contributed by atoms with Gasteiger partial charge in [0.25, 0.3) is 0 Å². The van der Waals surface area contributed by atoms with Gasteiger partial charge in [-0.2, -0.15) is 8.78 Å². The maximum atomic E-state index is 14.4. The molecule has 0 fully saturated rings. The first kappa shape index (κ1) is 32.1. The summed E-state index contributed by atoms with van der Waals surface area (Å²) in [6, 6.07) is 0. The average Bonchev–Trinajstić information content (AvgIpc) is 2.79. The lowest BCUT2D eigenvalue weighted by Gasteiger charge is -2.20. The van der Waals surface area contributed by atoms with E-state index in [2.05, 4.69) is 57.4 Å². The first-order valence-electron chi connectivity index (χ1n) is 9.79. The third-order valence-corrected chi connectivity index (χ3v) is 4.31. The van der Waals surface area contributed by atoms with Crippen molar-refractivity contribution >= 4 is 0 Å². The molecule has 36 heavy (non-hydrogen) atoms. The van der Waals surface area contributed by atoms with Gasteiger partial charge in [0, 0.05) is 17.2 Å². The van der Waals surface area contributed by atoms with Crippen molar-refractivity contribution < 1.29 is 39.9 Å². The fraction of sp³-hybridized carbons (Fsp3) is 0.111. The van der Waals surface area contributed by atoms with E-state index in [0.717, 1.165) is 0 Å². The highest BCUT2D eigenvalue weighted by Crippen LogP contribution is 2.36. The van der Waals surface area contributed by atoms with Crippen LogP contribution in [0, 0.1) is 0 Å². The molecule has 9 heteroatoms. The minimum Gasteiger partial charge on any atom is -0.429 e. The molecule has 0 aromatic carbocycles. The minimum atomic E-state index is -4.53. The lowest BCUT2D eigenvalue weighted by molar-refractivity contribution is -0.178. The smallest absolute Gasteiger partial charge is 0.429 e. The fourth-order valence-corrected chi connectivity index (χ4v) is 2.01. The number of ether oxygens (including phenoxy) is 1. The summed E-state index contributed by atoms with van der Waals surface area (Å²) in [5.41, 5.74) is -4.02. The van der Waals surface area contributed by atoms with E-state index < -0.39 is 74.7 Å². The van der Waals surface area contributed by atoms with Gasteiger partial charge >= 0.3 is 6.11 Å². The van der Waals surface area contributed by atoms with Crippen LogP contribution in [0.5, 0.6) is 0 Å². The van der Waals surface area contributed by atoms with Gasteiger partial charge in [0.05, 0.1) is 5.57 Å². The molecule has 0 saturated carbocycles. The Kier molecular flexibility index (Phi) is 11.8. The van der Waals surface area contributed by atoms with Crippen LogP contribution in [0.25, 0.3) is 0 Å². The van der Waals surface area contributed by atoms with Crippen LogP contribution < -0.4 is 0 Å². The maximum absolute atomic E-state index is 14.4. The Morgan fingerprint density at radius 1 is 0.667 bits per heavy atom. The molecule has 0 rings (SSSR count). The number of hydrogen-bond donors (Lipinski definition) is 0. The minimum absolute atomic E-state index is 0.0664. The van der Waals surface area contributed by atoms with Gasteiger partial charge in [-0.1, -0.05) is 59.6 Å². The van der Waals surface area contributed by atoms with E-state index in [1.807, 2.05) is 0 Å². The number of rotatable bonds is 14. The normalized spacial score (nSPS) is 13.4. The molecule has 0 bridgehead atoms.